The van der Waals surface area contributed by atoms with Crippen LogP contribution in [0.3, 0.4) is 0 Å². The number of pyridine rings is 1. The van der Waals surface area contributed by atoms with Crippen LogP contribution in [-0.2, 0) is 10.0 Å². The molecule has 0 bridgehead atoms. The summed E-state index contributed by atoms with van der Waals surface area (Å²) < 4.78 is 28.4. The van der Waals surface area contributed by atoms with E-state index in [4.69, 9.17) is 0 Å². The number of benzene rings is 3. The minimum absolute atomic E-state index is 0.233. The van der Waals surface area contributed by atoms with Gasteiger partial charge in [-0.2, -0.15) is 0 Å². The normalized spacial score (nSPS) is 11.5. The molecule has 0 saturated carbocycles. The highest BCUT2D eigenvalue weighted by molar-refractivity contribution is 7.93. The summed E-state index contributed by atoms with van der Waals surface area (Å²) >= 11 is 0. The van der Waals surface area contributed by atoms with Crippen molar-refractivity contribution in [3.8, 4) is 0 Å². The molecular weight excluding hydrogens is 392 g/mol. The summed E-state index contributed by atoms with van der Waals surface area (Å²) in [6, 6.07) is 28.9. The molecule has 0 aliphatic heterocycles. The van der Waals surface area contributed by atoms with Crippen molar-refractivity contribution < 1.29 is 8.42 Å². The number of hydrogen-bond donors (Lipinski definition) is 0. The van der Waals surface area contributed by atoms with Crippen molar-refractivity contribution in [2.75, 3.05) is 4.31 Å². The molecule has 0 atom stereocenters. The number of nitrogens with zero attached hydrogens (tertiary/aromatic N) is 2. The number of hydrogen-bond acceptors (Lipinski definition) is 3. The largest absolute Gasteiger partial charge is 0.268 e. The van der Waals surface area contributed by atoms with Crippen molar-refractivity contribution in [1.82, 2.24) is 4.98 Å². The molecule has 5 heteroatoms. The van der Waals surface area contributed by atoms with Crippen LogP contribution in [0, 0.1) is 0 Å². The van der Waals surface area contributed by atoms with Crippen molar-refractivity contribution in [3.63, 3.8) is 0 Å². The Morgan fingerprint density at radius 1 is 0.600 bits per heavy atom. The van der Waals surface area contributed by atoms with Gasteiger partial charge in [-0.3, -0.25) is 4.98 Å². The van der Waals surface area contributed by atoms with Gasteiger partial charge in [0.15, 0.2) is 0 Å². The zero-order chi connectivity index (χ0) is 20.8. The molecule has 4 aromatic rings. The average molecular weight is 413 g/mol. The monoisotopic (exact) mass is 412 g/mol. The van der Waals surface area contributed by atoms with Crippen LogP contribution in [-0.4, -0.2) is 13.4 Å². The topological polar surface area (TPSA) is 50.3 Å². The van der Waals surface area contributed by atoms with Gasteiger partial charge in [0.05, 0.1) is 16.3 Å². The van der Waals surface area contributed by atoms with Crippen LogP contribution in [0.1, 0.15) is 11.1 Å². The predicted molar refractivity (Wildman–Crippen MR) is 122 cm³/mol. The van der Waals surface area contributed by atoms with E-state index in [-0.39, 0.29) is 4.90 Å². The second kappa shape index (κ2) is 8.76. The molecule has 1 heterocycles. The second-order valence-electron chi connectivity index (χ2n) is 6.62. The van der Waals surface area contributed by atoms with Crippen LogP contribution in [0.4, 0.5) is 11.4 Å². The highest BCUT2D eigenvalue weighted by Crippen LogP contribution is 2.32. The molecule has 0 radical (unpaired) electrons. The molecule has 0 aliphatic carbocycles. The number of rotatable bonds is 6. The summed E-state index contributed by atoms with van der Waals surface area (Å²) in [5.74, 6) is 0. The van der Waals surface area contributed by atoms with E-state index in [2.05, 4.69) is 4.98 Å². The van der Waals surface area contributed by atoms with Crippen molar-refractivity contribution in [1.29, 1.82) is 0 Å². The fourth-order valence-electron chi connectivity index (χ4n) is 3.08. The van der Waals surface area contributed by atoms with Crippen LogP contribution >= 0.6 is 0 Å². The Bertz CT molecular complexity index is 1180. The molecule has 0 fully saturated rings. The van der Waals surface area contributed by atoms with Crippen molar-refractivity contribution >= 4 is 33.6 Å². The molecular formula is C25H20N2O2S. The Kier molecular flexibility index (Phi) is 5.72. The zero-order valence-electron chi connectivity index (χ0n) is 16.2. The Morgan fingerprint density at radius 3 is 1.57 bits per heavy atom. The van der Waals surface area contributed by atoms with Gasteiger partial charge < -0.3 is 0 Å². The van der Waals surface area contributed by atoms with Gasteiger partial charge in [0.1, 0.15) is 0 Å². The fourth-order valence-corrected chi connectivity index (χ4v) is 4.57. The van der Waals surface area contributed by atoms with E-state index in [9.17, 15) is 8.42 Å². The number of aromatic nitrogens is 1. The Hall–Kier alpha value is -3.70. The van der Waals surface area contributed by atoms with Crippen molar-refractivity contribution in [3.05, 3.63) is 121 Å². The van der Waals surface area contributed by atoms with Crippen LogP contribution in [0.25, 0.3) is 12.2 Å². The van der Waals surface area contributed by atoms with E-state index in [1.807, 2.05) is 60.7 Å². The fraction of sp³-hybridized carbons (Fsp3) is 0. The minimum Gasteiger partial charge on any atom is -0.265 e. The van der Waals surface area contributed by atoms with E-state index in [1.165, 1.54) is 4.31 Å². The zero-order valence-corrected chi connectivity index (χ0v) is 17.0. The van der Waals surface area contributed by atoms with E-state index in [0.717, 1.165) is 11.1 Å². The summed E-state index contributed by atoms with van der Waals surface area (Å²) in [4.78, 5) is 4.23. The quantitative estimate of drug-likeness (QED) is 0.403. The minimum atomic E-state index is -3.79. The van der Waals surface area contributed by atoms with E-state index >= 15 is 0 Å². The lowest BCUT2D eigenvalue weighted by Crippen LogP contribution is -2.26. The maximum absolute atomic E-state index is 13.5. The maximum atomic E-state index is 13.5. The third kappa shape index (κ3) is 4.31. The van der Waals surface area contributed by atoms with Crippen LogP contribution < -0.4 is 4.31 Å². The average Bonchev–Trinajstić information content (AvgIpc) is 2.80. The Labute approximate surface area is 176 Å². The second-order valence-corrected chi connectivity index (χ2v) is 8.41. The van der Waals surface area contributed by atoms with E-state index in [0.29, 0.717) is 11.4 Å². The van der Waals surface area contributed by atoms with Crippen LogP contribution in [0.15, 0.2) is 114 Å². The number of sulfonamides is 1. The summed E-state index contributed by atoms with van der Waals surface area (Å²) in [5.41, 5.74) is 3.12. The molecule has 4 rings (SSSR count). The standard InChI is InChI=1S/C25H20N2O2S/c28-30(29,27(23-7-3-1-4-8-23)24-9-5-2-6-10-24)25-15-13-21(14-16-25)11-12-22-17-19-26-20-18-22/h1-20H/b12-11+. The molecule has 0 aliphatic rings. The van der Waals surface area contributed by atoms with Gasteiger partial charge in [-0.25, -0.2) is 12.7 Å². The molecule has 0 saturated heterocycles. The maximum Gasteiger partial charge on any atom is 0.268 e. The molecule has 4 nitrogen and oxygen atoms in total. The lowest BCUT2D eigenvalue weighted by molar-refractivity contribution is 0.596. The van der Waals surface area contributed by atoms with Gasteiger partial charge in [-0.05, 0) is 59.7 Å². The molecule has 1 aromatic heterocycles. The van der Waals surface area contributed by atoms with Crippen LogP contribution in [0.2, 0.25) is 0 Å². The van der Waals surface area contributed by atoms with Gasteiger partial charge in [-0.1, -0.05) is 60.7 Å². The Balaban J connectivity index is 1.68. The summed E-state index contributed by atoms with van der Waals surface area (Å²) in [5, 5.41) is 0. The first-order chi connectivity index (χ1) is 14.6. The molecule has 3 aromatic carbocycles. The highest BCUT2D eigenvalue weighted by atomic mass is 32.2. The summed E-state index contributed by atoms with van der Waals surface area (Å²) in [6.07, 6.45) is 7.37. The lowest BCUT2D eigenvalue weighted by atomic mass is 10.1. The lowest BCUT2D eigenvalue weighted by Gasteiger charge is -2.24. The van der Waals surface area contributed by atoms with E-state index in [1.54, 1.807) is 60.9 Å². The number of para-hydroxylation sites is 2. The first-order valence-corrected chi connectivity index (χ1v) is 10.9. The molecule has 148 valence electrons. The summed E-state index contributed by atoms with van der Waals surface area (Å²) in [7, 11) is -3.79. The van der Waals surface area contributed by atoms with Gasteiger partial charge in [-0.15, -0.1) is 0 Å². The van der Waals surface area contributed by atoms with Gasteiger partial charge in [0.2, 0.25) is 0 Å². The van der Waals surface area contributed by atoms with Crippen molar-refractivity contribution in [2.45, 2.75) is 4.90 Å². The SMILES string of the molecule is O=S(=O)(c1ccc(/C=C/c2ccncc2)cc1)N(c1ccccc1)c1ccccc1. The molecule has 0 unspecified atom stereocenters. The summed E-state index contributed by atoms with van der Waals surface area (Å²) in [6.45, 7) is 0. The predicted octanol–water partition coefficient (Wildman–Crippen LogP) is 5.78. The first-order valence-electron chi connectivity index (χ1n) is 9.48. The highest BCUT2D eigenvalue weighted by Gasteiger charge is 2.26. The van der Waals surface area contributed by atoms with Gasteiger partial charge in [0, 0.05) is 12.4 Å². The molecule has 30 heavy (non-hydrogen) atoms. The smallest absolute Gasteiger partial charge is 0.265 e. The Morgan fingerprint density at radius 2 is 1.07 bits per heavy atom. The van der Waals surface area contributed by atoms with Crippen LogP contribution in [0.5, 0.6) is 0 Å². The number of anilines is 2. The molecule has 0 N–H and O–H groups in total. The van der Waals surface area contributed by atoms with Gasteiger partial charge >= 0.3 is 0 Å². The molecule has 0 amide bonds. The molecule has 0 spiro atoms. The van der Waals surface area contributed by atoms with E-state index < -0.39 is 10.0 Å². The third-order valence-electron chi connectivity index (χ3n) is 4.57. The third-order valence-corrected chi connectivity index (χ3v) is 6.34. The van der Waals surface area contributed by atoms with Crippen molar-refractivity contribution in [2.24, 2.45) is 0 Å². The first kappa shape index (κ1) is 19.6. The van der Waals surface area contributed by atoms with Gasteiger partial charge in [0.25, 0.3) is 10.0 Å².